The van der Waals surface area contributed by atoms with Gasteiger partial charge in [0.25, 0.3) is 10.1 Å². The summed E-state index contributed by atoms with van der Waals surface area (Å²) in [6, 6.07) is 8.34. The number of nitrogens with one attached hydrogen (secondary N) is 1. The Balaban J connectivity index is 2.90. The van der Waals surface area contributed by atoms with Crippen LogP contribution in [0.15, 0.2) is 40.1 Å². The first-order valence-corrected chi connectivity index (χ1v) is 6.72. The molecule has 6 heteroatoms. The third-order valence-corrected chi connectivity index (χ3v) is 3.62. The van der Waals surface area contributed by atoms with Gasteiger partial charge >= 0.3 is 0 Å². The molecule has 2 N–H and O–H groups in total. The Kier molecular flexibility index (Phi) is 3.03. The van der Waals surface area contributed by atoms with Crippen molar-refractivity contribution in [1.82, 2.24) is 0 Å². The van der Waals surface area contributed by atoms with Crippen molar-refractivity contribution in [1.29, 1.82) is 0 Å². The minimum Gasteiger partial charge on any atom is -0.388 e. The van der Waals surface area contributed by atoms with Crippen LogP contribution in [0.3, 0.4) is 0 Å². The van der Waals surface area contributed by atoms with Crippen LogP contribution in [0.1, 0.15) is 0 Å². The van der Waals surface area contributed by atoms with Gasteiger partial charge in [0.15, 0.2) is 0 Å². The van der Waals surface area contributed by atoms with Gasteiger partial charge in [-0.15, -0.1) is 12.6 Å². The SMILES string of the molecule is CNc1ccc2cc(S)cc(S(=O)(=O)O)c2c1. The van der Waals surface area contributed by atoms with Gasteiger partial charge in [-0.3, -0.25) is 4.55 Å². The summed E-state index contributed by atoms with van der Waals surface area (Å²) in [5.74, 6) is 0. The van der Waals surface area contributed by atoms with E-state index >= 15 is 0 Å². The number of thiol groups is 1. The van der Waals surface area contributed by atoms with E-state index in [9.17, 15) is 13.0 Å². The first-order valence-electron chi connectivity index (χ1n) is 4.84. The molecular weight excluding hydrogens is 258 g/mol. The topological polar surface area (TPSA) is 66.4 Å². The fourth-order valence-corrected chi connectivity index (χ4v) is 2.76. The van der Waals surface area contributed by atoms with Crippen LogP contribution in [0.5, 0.6) is 0 Å². The Morgan fingerprint density at radius 3 is 2.53 bits per heavy atom. The summed E-state index contributed by atoms with van der Waals surface area (Å²) in [4.78, 5) is 0.361. The van der Waals surface area contributed by atoms with Gasteiger partial charge < -0.3 is 5.32 Å². The molecule has 4 nitrogen and oxygen atoms in total. The van der Waals surface area contributed by atoms with E-state index in [0.29, 0.717) is 15.7 Å². The van der Waals surface area contributed by atoms with Gasteiger partial charge in [0.2, 0.25) is 0 Å². The van der Waals surface area contributed by atoms with E-state index in [1.165, 1.54) is 6.07 Å². The number of hydrogen-bond acceptors (Lipinski definition) is 4. The highest BCUT2D eigenvalue weighted by molar-refractivity contribution is 7.86. The summed E-state index contributed by atoms with van der Waals surface area (Å²) in [5.41, 5.74) is 0.773. The highest BCUT2D eigenvalue weighted by Gasteiger charge is 2.15. The predicted molar refractivity (Wildman–Crippen MR) is 70.6 cm³/mol. The quantitative estimate of drug-likeness (QED) is 0.578. The molecule has 0 spiro atoms. The van der Waals surface area contributed by atoms with E-state index in [1.807, 2.05) is 6.07 Å². The Labute approximate surface area is 105 Å². The summed E-state index contributed by atoms with van der Waals surface area (Å²) in [7, 11) is -2.52. The zero-order valence-electron chi connectivity index (χ0n) is 9.01. The second kappa shape index (κ2) is 4.21. The van der Waals surface area contributed by atoms with E-state index in [-0.39, 0.29) is 4.90 Å². The summed E-state index contributed by atoms with van der Waals surface area (Å²) >= 11 is 4.12. The van der Waals surface area contributed by atoms with Gasteiger partial charge in [-0.1, -0.05) is 6.07 Å². The standard InChI is InChI=1S/C11H11NO3S2/c1-12-8-3-2-7-4-9(16)6-11(10(7)5-8)17(13,14)15/h2-6,12,16H,1H3,(H,13,14,15). The molecular formula is C11H11NO3S2. The molecule has 2 aromatic carbocycles. The van der Waals surface area contributed by atoms with Crippen molar-refractivity contribution >= 4 is 39.2 Å². The maximum Gasteiger partial charge on any atom is 0.295 e. The average Bonchev–Trinajstić information content (AvgIpc) is 2.26. The van der Waals surface area contributed by atoms with Crippen LogP contribution in [0.4, 0.5) is 5.69 Å². The monoisotopic (exact) mass is 269 g/mol. The normalized spacial score (nSPS) is 11.7. The second-order valence-corrected chi connectivity index (χ2v) is 5.51. The number of hydrogen-bond donors (Lipinski definition) is 3. The third-order valence-electron chi connectivity index (χ3n) is 2.47. The molecule has 0 fully saturated rings. The Bertz CT molecular complexity index is 680. The van der Waals surface area contributed by atoms with Crippen LogP contribution in [0.2, 0.25) is 0 Å². The summed E-state index contributed by atoms with van der Waals surface area (Å²) in [6.45, 7) is 0. The minimum absolute atomic E-state index is 0.128. The minimum atomic E-state index is -4.25. The fraction of sp³-hybridized carbons (Fsp3) is 0.0909. The summed E-state index contributed by atoms with van der Waals surface area (Å²) in [5, 5.41) is 4.10. The van der Waals surface area contributed by atoms with Crippen LogP contribution in [0.25, 0.3) is 10.8 Å². The van der Waals surface area contributed by atoms with E-state index in [1.54, 1.807) is 25.2 Å². The maximum absolute atomic E-state index is 11.3. The lowest BCUT2D eigenvalue weighted by Crippen LogP contribution is -2.00. The molecule has 0 unspecified atom stereocenters. The van der Waals surface area contributed by atoms with Gasteiger partial charge in [-0.25, -0.2) is 0 Å². The molecule has 2 aromatic rings. The van der Waals surface area contributed by atoms with Gasteiger partial charge in [0, 0.05) is 23.0 Å². The molecule has 0 aliphatic carbocycles. The van der Waals surface area contributed by atoms with Gasteiger partial charge in [-0.05, 0) is 29.7 Å². The van der Waals surface area contributed by atoms with Crippen LogP contribution < -0.4 is 5.32 Å². The largest absolute Gasteiger partial charge is 0.388 e. The van der Waals surface area contributed by atoms with Gasteiger partial charge in [0.1, 0.15) is 4.90 Å². The molecule has 0 heterocycles. The lowest BCUT2D eigenvalue weighted by atomic mass is 10.1. The molecule has 0 amide bonds. The highest BCUT2D eigenvalue weighted by atomic mass is 32.2. The molecule has 0 radical (unpaired) electrons. The van der Waals surface area contributed by atoms with E-state index in [4.69, 9.17) is 0 Å². The Hall–Kier alpha value is -1.24. The number of fused-ring (bicyclic) bond motifs is 1. The van der Waals surface area contributed by atoms with Crippen molar-refractivity contribution in [3.63, 3.8) is 0 Å². The molecule has 0 aromatic heterocycles. The predicted octanol–water partition coefficient (Wildman–Crippen LogP) is 2.42. The number of rotatable bonds is 2. The smallest absolute Gasteiger partial charge is 0.295 e. The van der Waals surface area contributed by atoms with Crippen LogP contribution in [0, 0.1) is 0 Å². The van der Waals surface area contributed by atoms with Crippen molar-refractivity contribution in [2.45, 2.75) is 9.79 Å². The van der Waals surface area contributed by atoms with Gasteiger partial charge in [-0.2, -0.15) is 8.42 Å². The molecule has 0 saturated carbocycles. The Morgan fingerprint density at radius 1 is 1.24 bits per heavy atom. The second-order valence-electron chi connectivity index (χ2n) is 3.60. The molecule has 90 valence electrons. The van der Waals surface area contributed by atoms with E-state index in [0.717, 1.165) is 5.69 Å². The van der Waals surface area contributed by atoms with Crippen LogP contribution in [-0.2, 0) is 10.1 Å². The highest BCUT2D eigenvalue weighted by Crippen LogP contribution is 2.28. The first-order chi connectivity index (χ1) is 7.91. The lowest BCUT2D eigenvalue weighted by molar-refractivity contribution is 0.484. The van der Waals surface area contributed by atoms with Gasteiger partial charge in [0.05, 0.1) is 0 Å². The van der Waals surface area contributed by atoms with Crippen molar-refractivity contribution < 1.29 is 13.0 Å². The Morgan fingerprint density at radius 2 is 1.94 bits per heavy atom. The van der Waals surface area contributed by atoms with Crippen molar-refractivity contribution in [3.05, 3.63) is 30.3 Å². The van der Waals surface area contributed by atoms with Crippen LogP contribution >= 0.6 is 12.6 Å². The number of anilines is 1. The summed E-state index contributed by atoms with van der Waals surface area (Å²) < 4.78 is 31.8. The first kappa shape index (κ1) is 12.2. The molecule has 17 heavy (non-hydrogen) atoms. The van der Waals surface area contributed by atoms with Crippen molar-refractivity contribution in [3.8, 4) is 0 Å². The molecule has 0 aliphatic heterocycles. The van der Waals surface area contributed by atoms with Crippen LogP contribution in [-0.4, -0.2) is 20.0 Å². The fourth-order valence-electron chi connectivity index (χ4n) is 1.68. The molecule has 0 bridgehead atoms. The summed E-state index contributed by atoms with van der Waals surface area (Å²) in [6.07, 6.45) is 0. The third kappa shape index (κ3) is 2.38. The average molecular weight is 269 g/mol. The zero-order chi connectivity index (χ0) is 12.6. The molecule has 0 aliphatic rings. The zero-order valence-corrected chi connectivity index (χ0v) is 10.7. The molecule has 0 atom stereocenters. The molecule has 2 rings (SSSR count). The maximum atomic E-state index is 11.3. The van der Waals surface area contributed by atoms with Crippen molar-refractivity contribution in [2.24, 2.45) is 0 Å². The lowest BCUT2D eigenvalue weighted by Gasteiger charge is -2.07. The molecule has 0 saturated heterocycles. The van der Waals surface area contributed by atoms with Crippen molar-refractivity contribution in [2.75, 3.05) is 12.4 Å². The van der Waals surface area contributed by atoms with E-state index in [2.05, 4.69) is 17.9 Å². The van der Waals surface area contributed by atoms with E-state index < -0.39 is 10.1 Å². The number of benzene rings is 2.